The van der Waals surface area contributed by atoms with Gasteiger partial charge in [-0.1, -0.05) is 0 Å². The first-order chi connectivity index (χ1) is 11.2. The van der Waals surface area contributed by atoms with Gasteiger partial charge in [-0.3, -0.25) is 0 Å². The first kappa shape index (κ1) is 13.6. The van der Waals surface area contributed by atoms with Crippen LogP contribution in [0.2, 0.25) is 0 Å². The fourth-order valence-corrected chi connectivity index (χ4v) is 2.95. The lowest BCUT2D eigenvalue weighted by Gasteiger charge is -2.01. The molecule has 3 aromatic heterocycles. The highest BCUT2D eigenvalue weighted by atomic mass is 16.5. The number of hydrogen-bond acceptors (Lipinski definition) is 3. The number of aromatic amines is 1. The van der Waals surface area contributed by atoms with E-state index in [1.165, 1.54) is 7.11 Å². The minimum absolute atomic E-state index is 0.333. The minimum Gasteiger partial charge on any atom is -0.465 e. The normalized spacial score (nSPS) is 11.2. The number of aromatic nitrogens is 3. The van der Waals surface area contributed by atoms with Crippen molar-refractivity contribution in [3.8, 4) is 11.3 Å². The van der Waals surface area contributed by atoms with E-state index in [4.69, 9.17) is 4.74 Å². The Morgan fingerprint density at radius 2 is 2.13 bits per heavy atom. The molecule has 0 radical (unpaired) electrons. The van der Waals surface area contributed by atoms with Crippen LogP contribution in [0.15, 0.2) is 48.8 Å². The quantitative estimate of drug-likeness (QED) is 0.577. The number of benzene rings is 1. The second-order valence-corrected chi connectivity index (χ2v) is 5.50. The average Bonchev–Trinajstić information content (AvgIpc) is 3.15. The van der Waals surface area contributed by atoms with Crippen LogP contribution in [0.1, 0.15) is 10.4 Å². The number of aryl methyl sites for hydroxylation is 1. The van der Waals surface area contributed by atoms with Gasteiger partial charge in [0.15, 0.2) is 0 Å². The number of carbonyl (C=O) groups excluding carboxylic acids is 1. The Bertz CT molecular complexity index is 1010. The van der Waals surface area contributed by atoms with Crippen molar-refractivity contribution in [2.24, 2.45) is 7.05 Å². The number of fused-ring (bicyclic) bond motifs is 2. The number of H-pyrrole nitrogens is 1. The van der Waals surface area contributed by atoms with E-state index >= 15 is 0 Å². The zero-order valence-electron chi connectivity index (χ0n) is 12.8. The molecule has 5 heteroatoms. The van der Waals surface area contributed by atoms with Gasteiger partial charge in [-0.05, 0) is 36.4 Å². The molecule has 0 aliphatic rings. The Morgan fingerprint density at radius 1 is 1.26 bits per heavy atom. The summed E-state index contributed by atoms with van der Waals surface area (Å²) in [6.07, 6.45) is 3.82. The van der Waals surface area contributed by atoms with Crippen LogP contribution in [0.3, 0.4) is 0 Å². The van der Waals surface area contributed by atoms with Gasteiger partial charge in [0.05, 0.1) is 12.7 Å². The Kier molecular flexibility index (Phi) is 2.94. The fourth-order valence-electron chi connectivity index (χ4n) is 2.95. The first-order valence-corrected chi connectivity index (χ1v) is 7.29. The van der Waals surface area contributed by atoms with Crippen molar-refractivity contribution < 1.29 is 9.53 Å². The zero-order valence-corrected chi connectivity index (χ0v) is 12.8. The van der Waals surface area contributed by atoms with Gasteiger partial charge in [-0.25, -0.2) is 9.78 Å². The van der Waals surface area contributed by atoms with E-state index in [0.717, 1.165) is 33.2 Å². The summed E-state index contributed by atoms with van der Waals surface area (Å²) in [6.45, 7) is 0. The zero-order chi connectivity index (χ0) is 16.0. The van der Waals surface area contributed by atoms with Crippen molar-refractivity contribution in [2.75, 3.05) is 7.11 Å². The van der Waals surface area contributed by atoms with Crippen LogP contribution in [0, 0.1) is 0 Å². The largest absolute Gasteiger partial charge is 0.465 e. The molecule has 23 heavy (non-hydrogen) atoms. The van der Waals surface area contributed by atoms with Crippen molar-refractivity contribution in [2.45, 2.75) is 0 Å². The molecule has 0 unspecified atom stereocenters. The SMILES string of the molecule is COC(=O)c1ccc2c(c1)c(-c1cc3cccnc3[nH]1)cn2C. The number of nitrogens with zero attached hydrogens (tertiary/aromatic N) is 2. The van der Waals surface area contributed by atoms with Gasteiger partial charge in [0, 0.05) is 47.0 Å². The van der Waals surface area contributed by atoms with E-state index in [9.17, 15) is 4.79 Å². The molecule has 0 amide bonds. The molecule has 4 rings (SSSR count). The summed E-state index contributed by atoms with van der Waals surface area (Å²) in [5.41, 5.74) is 4.46. The molecule has 0 saturated heterocycles. The monoisotopic (exact) mass is 305 g/mol. The number of pyridine rings is 1. The second kappa shape index (κ2) is 4.98. The third-order valence-electron chi connectivity index (χ3n) is 4.09. The number of nitrogens with one attached hydrogen (secondary N) is 1. The highest BCUT2D eigenvalue weighted by Crippen LogP contribution is 2.32. The topological polar surface area (TPSA) is 59.9 Å². The van der Waals surface area contributed by atoms with Crippen LogP contribution in [0.4, 0.5) is 0 Å². The summed E-state index contributed by atoms with van der Waals surface area (Å²) >= 11 is 0. The van der Waals surface area contributed by atoms with E-state index in [1.54, 1.807) is 12.3 Å². The number of hydrogen-bond donors (Lipinski definition) is 1. The number of esters is 1. The maximum absolute atomic E-state index is 11.8. The molecular weight excluding hydrogens is 290 g/mol. The van der Waals surface area contributed by atoms with Gasteiger partial charge in [0.1, 0.15) is 5.65 Å². The molecule has 3 heterocycles. The van der Waals surface area contributed by atoms with E-state index in [0.29, 0.717) is 5.56 Å². The van der Waals surface area contributed by atoms with Gasteiger partial charge < -0.3 is 14.3 Å². The number of ether oxygens (including phenoxy) is 1. The molecule has 0 aliphatic heterocycles. The summed E-state index contributed by atoms with van der Waals surface area (Å²) in [7, 11) is 3.38. The molecule has 114 valence electrons. The van der Waals surface area contributed by atoms with Crippen LogP contribution in [-0.2, 0) is 11.8 Å². The van der Waals surface area contributed by atoms with E-state index in [-0.39, 0.29) is 5.97 Å². The fraction of sp³-hybridized carbons (Fsp3) is 0.111. The number of rotatable bonds is 2. The Hall–Kier alpha value is -3.08. The van der Waals surface area contributed by atoms with Gasteiger partial charge in [0.2, 0.25) is 0 Å². The summed E-state index contributed by atoms with van der Waals surface area (Å²) in [6, 6.07) is 11.6. The molecule has 5 nitrogen and oxygen atoms in total. The highest BCUT2D eigenvalue weighted by Gasteiger charge is 2.14. The Labute approximate surface area is 132 Å². The first-order valence-electron chi connectivity index (χ1n) is 7.29. The molecule has 1 N–H and O–H groups in total. The smallest absolute Gasteiger partial charge is 0.337 e. The van der Waals surface area contributed by atoms with Crippen molar-refractivity contribution in [3.05, 3.63) is 54.4 Å². The van der Waals surface area contributed by atoms with E-state index < -0.39 is 0 Å². The maximum atomic E-state index is 11.8. The molecular formula is C18H15N3O2. The van der Waals surface area contributed by atoms with Crippen LogP contribution in [-0.4, -0.2) is 27.6 Å². The predicted molar refractivity (Wildman–Crippen MR) is 89.3 cm³/mol. The third kappa shape index (κ3) is 2.09. The van der Waals surface area contributed by atoms with Crippen molar-refractivity contribution in [1.29, 1.82) is 0 Å². The maximum Gasteiger partial charge on any atom is 0.337 e. The van der Waals surface area contributed by atoms with Gasteiger partial charge in [0.25, 0.3) is 0 Å². The molecule has 0 saturated carbocycles. The summed E-state index contributed by atoms with van der Waals surface area (Å²) < 4.78 is 6.87. The average molecular weight is 305 g/mol. The number of methoxy groups -OCH3 is 1. The molecule has 0 bridgehead atoms. The van der Waals surface area contributed by atoms with Crippen molar-refractivity contribution in [3.63, 3.8) is 0 Å². The van der Waals surface area contributed by atoms with E-state index in [2.05, 4.69) is 22.2 Å². The van der Waals surface area contributed by atoms with Gasteiger partial charge in [-0.2, -0.15) is 0 Å². The lowest BCUT2D eigenvalue weighted by atomic mass is 10.1. The van der Waals surface area contributed by atoms with Crippen LogP contribution < -0.4 is 0 Å². The van der Waals surface area contributed by atoms with Crippen molar-refractivity contribution in [1.82, 2.24) is 14.5 Å². The standard InChI is InChI=1S/C18H15N3O2/c1-21-10-14(15-9-11-4-3-7-19-17(11)20-15)13-8-12(18(22)23-2)5-6-16(13)21/h3-10H,1-2H3,(H,19,20). The van der Waals surface area contributed by atoms with Crippen LogP contribution in [0.25, 0.3) is 33.2 Å². The van der Waals surface area contributed by atoms with Gasteiger partial charge >= 0.3 is 5.97 Å². The second-order valence-electron chi connectivity index (χ2n) is 5.50. The summed E-state index contributed by atoms with van der Waals surface area (Å²) in [5.74, 6) is -0.333. The highest BCUT2D eigenvalue weighted by molar-refractivity contribution is 6.02. The Balaban J connectivity index is 1.96. The van der Waals surface area contributed by atoms with Crippen molar-refractivity contribution >= 4 is 27.9 Å². The number of carbonyl (C=O) groups is 1. The van der Waals surface area contributed by atoms with Crippen LogP contribution in [0.5, 0.6) is 0 Å². The molecule has 4 aromatic rings. The molecule has 1 aromatic carbocycles. The van der Waals surface area contributed by atoms with E-state index in [1.807, 2.05) is 35.9 Å². The molecule has 0 aliphatic carbocycles. The van der Waals surface area contributed by atoms with Gasteiger partial charge in [-0.15, -0.1) is 0 Å². The summed E-state index contributed by atoms with van der Waals surface area (Å²) in [4.78, 5) is 19.5. The molecule has 0 fully saturated rings. The summed E-state index contributed by atoms with van der Waals surface area (Å²) in [5, 5.41) is 2.06. The molecule has 0 atom stereocenters. The Morgan fingerprint density at radius 3 is 2.91 bits per heavy atom. The molecule has 0 spiro atoms. The predicted octanol–water partition coefficient (Wildman–Crippen LogP) is 3.51. The lowest BCUT2D eigenvalue weighted by Crippen LogP contribution is -2.00. The minimum atomic E-state index is -0.333. The third-order valence-corrected chi connectivity index (χ3v) is 4.09. The lowest BCUT2D eigenvalue weighted by molar-refractivity contribution is 0.0601. The van der Waals surface area contributed by atoms with Crippen LogP contribution >= 0.6 is 0 Å².